The molecule has 1 saturated carbocycles. The number of hydrogen-bond acceptors (Lipinski definition) is 3. The van der Waals surface area contributed by atoms with E-state index in [0.29, 0.717) is 0 Å². The van der Waals surface area contributed by atoms with Crippen molar-refractivity contribution in [3.63, 3.8) is 0 Å². The van der Waals surface area contributed by atoms with Gasteiger partial charge < -0.3 is 10.1 Å². The molecule has 1 N–H and O–H groups in total. The predicted octanol–water partition coefficient (Wildman–Crippen LogP) is 2.29. The number of carbonyl (C=O) groups excluding carboxylic acids is 2. The van der Waals surface area contributed by atoms with E-state index in [1.165, 1.54) is 7.11 Å². The molecule has 2 unspecified atom stereocenters. The van der Waals surface area contributed by atoms with Gasteiger partial charge in [0.05, 0.1) is 7.11 Å². The number of hydrogen-bond donors (Lipinski definition) is 1. The maximum atomic E-state index is 12.3. The van der Waals surface area contributed by atoms with Gasteiger partial charge in [-0.1, -0.05) is 26.0 Å². The van der Waals surface area contributed by atoms with Crippen LogP contribution >= 0.6 is 0 Å². The largest absolute Gasteiger partial charge is 0.468 e. The Balaban J connectivity index is 2.71. The Hall–Kier alpha value is -1.32. The third kappa shape index (κ3) is 4.37. The third-order valence-electron chi connectivity index (χ3n) is 3.99. The molecule has 0 aromatic rings. The van der Waals surface area contributed by atoms with E-state index in [0.717, 1.165) is 24.8 Å². The lowest BCUT2D eigenvalue weighted by Crippen LogP contribution is -2.42. The maximum absolute atomic E-state index is 12.3. The van der Waals surface area contributed by atoms with E-state index in [2.05, 4.69) is 30.5 Å². The van der Waals surface area contributed by atoms with Crippen LogP contribution < -0.4 is 5.32 Å². The molecule has 0 saturated heterocycles. The number of ether oxygens (including phenoxy) is 1. The van der Waals surface area contributed by atoms with Crippen LogP contribution in [0.1, 0.15) is 40.0 Å². The summed E-state index contributed by atoms with van der Waals surface area (Å²) >= 11 is 0. The third-order valence-corrected chi connectivity index (χ3v) is 3.99. The van der Waals surface area contributed by atoms with Crippen molar-refractivity contribution in [2.75, 3.05) is 13.7 Å². The minimum atomic E-state index is -0.421. The Morgan fingerprint density at radius 2 is 2.00 bits per heavy atom. The van der Waals surface area contributed by atoms with Gasteiger partial charge in [0.15, 0.2) is 0 Å². The second kappa shape index (κ2) is 6.22. The average Bonchev–Trinajstić information content (AvgIpc) is 2.33. The van der Waals surface area contributed by atoms with Gasteiger partial charge in [0.2, 0.25) is 5.91 Å². The van der Waals surface area contributed by atoms with E-state index in [9.17, 15) is 9.59 Å². The van der Waals surface area contributed by atoms with Crippen molar-refractivity contribution in [2.45, 2.75) is 40.0 Å². The SMILES string of the molecule is C=C(C)C1CCC(C)(C)CC1C(=O)NCC(=O)OC. The van der Waals surface area contributed by atoms with E-state index in [1.54, 1.807) is 0 Å². The van der Waals surface area contributed by atoms with E-state index >= 15 is 0 Å². The molecular formula is C15H25NO3. The minimum absolute atomic E-state index is 0.0603. The van der Waals surface area contributed by atoms with E-state index < -0.39 is 5.97 Å². The molecule has 0 bridgehead atoms. The first-order valence-corrected chi connectivity index (χ1v) is 6.77. The summed E-state index contributed by atoms with van der Waals surface area (Å²) in [6.45, 7) is 10.3. The van der Waals surface area contributed by atoms with Crippen molar-refractivity contribution >= 4 is 11.9 Å². The van der Waals surface area contributed by atoms with Crippen LogP contribution in [0, 0.1) is 17.3 Å². The lowest BCUT2D eigenvalue weighted by Gasteiger charge is -2.40. The highest BCUT2D eigenvalue weighted by Crippen LogP contribution is 2.44. The van der Waals surface area contributed by atoms with Crippen LogP contribution in [0.15, 0.2) is 12.2 Å². The summed E-state index contributed by atoms with van der Waals surface area (Å²) in [5.74, 6) is -0.363. The lowest BCUT2D eigenvalue weighted by molar-refractivity contribution is -0.142. The second-order valence-corrected chi connectivity index (χ2v) is 6.26. The highest BCUT2D eigenvalue weighted by atomic mass is 16.5. The molecule has 1 amide bonds. The number of esters is 1. The fraction of sp³-hybridized carbons (Fsp3) is 0.733. The molecule has 0 aromatic heterocycles. The van der Waals surface area contributed by atoms with Gasteiger partial charge in [-0.2, -0.15) is 0 Å². The van der Waals surface area contributed by atoms with Gasteiger partial charge in [-0.25, -0.2) is 0 Å². The van der Waals surface area contributed by atoms with Gasteiger partial charge in [0.1, 0.15) is 6.54 Å². The summed E-state index contributed by atoms with van der Waals surface area (Å²) in [6, 6.07) is 0. The Labute approximate surface area is 115 Å². The average molecular weight is 267 g/mol. The standard InChI is InChI=1S/C15H25NO3/c1-10(2)11-6-7-15(3,4)8-12(11)14(18)16-9-13(17)19-5/h11-12H,1,6-9H2,2-5H3,(H,16,18). The van der Waals surface area contributed by atoms with Crippen LogP contribution in [0.3, 0.4) is 0 Å². The van der Waals surface area contributed by atoms with Crippen LogP contribution in [0.4, 0.5) is 0 Å². The van der Waals surface area contributed by atoms with Crippen molar-refractivity contribution < 1.29 is 14.3 Å². The fourth-order valence-electron chi connectivity index (χ4n) is 2.81. The van der Waals surface area contributed by atoms with Crippen molar-refractivity contribution in [1.82, 2.24) is 5.32 Å². The van der Waals surface area contributed by atoms with Crippen LogP contribution in [-0.2, 0) is 14.3 Å². The molecule has 0 spiro atoms. The van der Waals surface area contributed by atoms with E-state index in [-0.39, 0.29) is 29.7 Å². The number of amides is 1. The number of methoxy groups -OCH3 is 1. The first-order chi connectivity index (χ1) is 8.76. The lowest BCUT2D eigenvalue weighted by atomic mass is 9.65. The molecule has 108 valence electrons. The predicted molar refractivity (Wildman–Crippen MR) is 74.5 cm³/mol. The molecule has 2 atom stereocenters. The van der Waals surface area contributed by atoms with Gasteiger partial charge in [0.25, 0.3) is 0 Å². The molecule has 1 rings (SSSR count). The quantitative estimate of drug-likeness (QED) is 0.628. The molecule has 0 aromatic carbocycles. The summed E-state index contributed by atoms with van der Waals surface area (Å²) < 4.78 is 4.53. The van der Waals surface area contributed by atoms with E-state index in [4.69, 9.17) is 0 Å². The van der Waals surface area contributed by atoms with Gasteiger partial charge in [-0.15, -0.1) is 0 Å². The summed E-state index contributed by atoms with van der Waals surface area (Å²) in [5, 5.41) is 2.67. The summed E-state index contributed by atoms with van der Waals surface area (Å²) in [4.78, 5) is 23.3. The molecule has 19 heavy (non-hydrogen) atoms. The molecular weight excluding hydrogens is 242 g/mol. The summed E-state index contributed by atoms with van der Waals surface area (Å²) in [5.41, 5.74) is 1.22. The van der Waals surface area contributed by atoms with E-state index in [1.807, 2.05) is 6.92 Å². The maximum Gasteiger partial charge on any atom is 0.325 e. The Bertz CT molecular complexity index is 374. The van der Waals surface area contributed by atoms with Gasteiger partial charge in [-0.05, 0) is 37.5 Å². The smallest absolute Gasteiger partial charge is 0.325 e. The molecule has 4 nitrogen and oxygen atoms in total. The molecule has 1 aliphatic rings. The molecule has 0 aliphatic heterocycles. The number of nitrogens with one attached hydrogen (secondary N) is 1. The van der Waals surface area contributed by atoms with Crippen LogP contribution in [0.2, 0.25) is 0 Å². The van der Waals surface area contributed by atoms with Crippen molar-refractivity contribution in [3.8, 4) is 0 Å². The Morgan fingerprint density at radius 1 is 1.37 bits per heavy atom. The second-order valence-electron chi connectivity index (χ2n) is 6.26. The Kier molecular flexibility index (Phi) is 5.15. The van der Waals surface area contributed by atoms with Crippen molar-refractivity contribution in [3.05, 3.63) is 12.2 Å². The highest BCUT2D eigenvalue weighted by molar-refractivity contribution is 5.84. The minimum Gasteiger partial charge on any atom is -0.468 e. The number of allylic oxidation sites excluding steroid dienone is 1. The molecule has 1 aliphatic carbocycles. The zero-order valence-electron chi connectivity index (χ0n) is 12.4. The number of rotatable bonds is 4. The summed E-state index contributed by atoms with van der Waals surface area (Å²) in [7, 11) is 1.31. The zero-order chi connectivity index (χ0) is 14.6. The molecule has 0 heterocycles. The first-order valence-electron chi connectivity index (χ1n) is 6.77. The highest BCUT2D eigenvalue weighted by Gasteiger charge is 2.39. The molecule has 0 radical (unpaired) electrons. The zero-order valence-corrected chi connectivity index (χ0v) is 12.4. The molecule has 1 fully saturated rings. The summed E-state index contributed by atoms with van der Waals surface area (Å²) in [6.07, 6.45) is 2.92. The molecule has 4 heteroatoms. The number of carbonyl (C=O) groups is 2. The van der Waals surface area contributed by atoms with Crippen LogP contribution in [0.25, 0.3) is 0 Å². The topological polar surface area (TPSA) is 55.4 Å². The van der Waals surface area contributed by atoms with Crippen LogP contribution in [-0.4, -0.2) is 25.5 Å². The van der Waals surface area contributed by atoms with Gasteiger partial charge in [0, 0.05) is 5.92 Å². The normalized spacial score (nSPS) is 25.5. The van der Waals surface area contributed by atoms with Crippen molar-refractivity contribution in [1.29, 1.82) is 0 Å². The van der Waals surface area contributed by atoms with Gasteiger partial charge >= 0.3 is 5.97 Å². The monoisotopic (exact) mass is 267 g/mol. The van der Waals surface area contributed by atoms with Gasteiger partial charge in [-0.3, -0.25) is 9.59 Å². The first kappa shape index (κ1) is 15.7. The van der Waals surface area contributed by atoms with Crippen LogP contribution in [0.5, 0.6) is 0 Å². The Morgan fingerprint density at radius 3 is 2.53 bits per heavy atom. The van der Waals surface area contributed by atoms with Crippen molar-refractivity contribution in [2.24, 2.45) is 17.3 Å². The fourth-order valence-corrected chi connectivity index (χ4v) is 2.81.